The van der Waals surface area contributed by atoms with Gasteiger partial charge in [0.05, 0.1) is 5.39 Å². The molecule has 4 rings (SSSR count). The van der Waals surface area contributed by atoms with E-state index in [1.807, 2.05) is 12.1 Å². The van der Waals surface area contributed by atoms with Crippen molar-refractivity contribution >= 4 is 39.2 Å². The van der Waals surface area contributed by atoms with Crippen molar-refractivity contribution in [2.24, 2.45) is 0 Å². The molecule has 1 aliphatic rings. The SMILES string of the molecule is CCC(NC(=O)c1ccc(CNc2ncnc3sc4c(c23)CCCC4)cc1)C(=O)O. The molecular weight excluding hydrogens is 400 g/mol. The van der Waals surface area contributed by atoms with Crippen LogP contribution in [-0.4, -0.2) is 33.0 Å². The average molecular weight is 425 g/mol. The first kappa shape index (κ1) is 20.3. The number of hydrogen-bond acceptors (Lipinski definition) is 6. The molecule has 1 atom stereocenters. The summed E-state index contributed by atoms with van der Waals surface area (Å²) in [6.45, 7) is 2.30. The van der Waals surface area contributed by atoms with Crippen LogP contribution in [0.5, 0.6) is 0 Å². The van der Waals surface area contributed by atoms with Crippen molar-refractivity contribution in [1.82, 2.24) is 15.3 Å². The number of hydrogen-bond donors (Lipinski definition) is 3. The van der Waals surface area contributed by atoms with Crippen molar-refractivity contribution in [3.05, 3.63) is 52.2 Å². The second-order valence-electron chi connectivity index (χ2n) is 7.44. The Morgan fingerprint density at radius 2 is 1.93 bits per heavy atom. The number of aryl methyl sites for hydroxylation is 2. The van der Waals surface area contributed by atoms with Gasteiger partial charge in [0.2, 0.25) is 0 Å². The molecule has 2 aromatic heterocycles. The first-order chi connectivity index (χ1) is 14.6. The average Bonchev–Trinajstić information content (AvgIpc) is 3.15. The highest BCUT2D eigenvalue weighted by atomic mass is 32.1. The Labute approximate surface area is 178 Å². The summed E-state index contributed by atoms with van der Waals surface area (Å²) >= 11 is 1.77. The van der Waals surface area contributed by atoms with Crippen LogP contribution in [-0.2, 0) is 24.2 Å². The van der Waals surface area contributed by atoms with Crippen LogP contribution in [0.25, 0.3) is 10.2 Å². The lowest BCUT2D eigenvalue weighted by Crippen LogP contribution is -2.40. The number of aromatic nitrogens is 2. The third kappa shape index (κ3) is 4.14. The van der Waals surface area contributed by atoms with Crippen molar-refractivity contribution < 1.29 is 14.7 Å². The van der Waals surface area contributed by atoms with Gasteiger partial charge in [-0.1, -0.05) is 19.1 Å². The minimum atomic E-state index is -1.03. The van der Waals surface area contributed by atoms with E-state index in [2.05, 4.69) is 20.6 Å². The zero-order valence-corrected chi connectivity index (χ0v) is 17.6. The summed E-state index contributed by atoms with van der Waals surface area (Å²) in [5, 5.41) is 16.2. The van der Waals surface area contributed by atoms with Gasteiger partial charge in [0.15, 0.2) is 0 Å². The van der Waals surface area contributed by atoms with Crippen molar-refractivity contribution in [3.8, 4) is 0 Å². The summed E-state index contributed by atoms with van der Waals surface area (Å²) in [4.78, 5) is 34.8. The molecule has 8 heteroatoms. The van der Waals surface area contributed by atoms with Crippen LogP contribution in [0.1, 0.15) is 52.5 Å². The van der Waals surface area contributed by atoms with Crippen LogP contribution < -0.4 is 10.6 Å². The van der Waals surface area contributed by atoms with Gasteiger partial charge in [-0.3, -0.25) is 4.79 Å². The van der Waals surface area contributed by atoms with Crippen LogP contribution >= 0.6 is 11.3 Å². The number of carboxylic acid groups (broad SMARTS) is 1. The molecule has 156 valence electrons. The number of rotatable bonds is 7. The summed E-state index contributed by atoms with van der Waals surface area (Å²) in [7, 11) is 0. The molecule has 1 aromatic carbocycles. The summed E-state index contributed by atoms with van der Waals surface area (Å²) in [6, 6.07) is 6.28. The Kier molecular flexibility index (Phi) is 5.94. The molecule has 0 aliphatic heterocycles. The van der Waals surface area contributed by atoms with Crippen LogP contribution in [0.15, 0.2) is 30.6 Å². The fourth-order valence-corrected chi connectivity index (χ4v) is 4.99. The Bertz CT molecular complexity index is 1080. The molecule has 3 N–H and O–H groups in total. The monoisotopic (exact) mass is 424 g/mol. The molecule has 1 unspecified atom stereocenters. The van der Waals surface area contributed by atoms with Crippen molar-refractivity contribution in [2.45, 2.75) is 51.6 Å². The minimum absolute atomic E-state index is 0.336. The molecule has 3 aromatic rings. The largest absolute Gasteiger partial charge is 0.480 e. The lowest BCUT2D eigenvalue weighted by molar-refractivity contribution is -0.139. The highest BCUT2D eigenvalue weighted by Crippen LogP contribution is 2.38. The zero-order valence-electron chi connectivity index (χ0n) is 16.8. The number of aliphatic carboxylic acids is 1. The molecule has 2 heterocycles. The van der Waals surface area contributed by atoms with Gasteiger partial charge in [0.1, 0.15) is 23.0 Å². The molecule has 1 aliphatic carbocycles. The predicted octanol–water partition coefficient (Wildman–Crippen LogP) is 3.78. The number of nitrogens with one attached hydrogen (secondary N) is 2. The number of carbonyl (C=O) groups excluding carboxylic acids is 1. The van der Waals surface area contributed by atoms with E-state index in [1.54, 1.807) is 36.7 Å². The van der Waals surface area contributed by atoms with Crippen molar-refractivity contribution in [1.29, 1.82) is 0 Å². The molecule has 0 spiro atoms. The minimum Gasteiger partial charge on any atom is -0.480 e. The van der Waals surface area contributed by atoms with Gasteiger partial charge in [-0.25, -0.2) is 14.8 Å². The van der Waals surface area contributed by atoms with Gasteiger partial charge in [-0.15, -0.1) is 11.3 Å². The van der Waals surface area contributed by atoms with E-state index in [4.69, 9.17) is 5.11 Å². The van der Waals surface area contributed by atoms with E-state index in [0.717, 1.165) is 34.4 Å². The molecule has 30 heavy (non-hydrogen) atoms. The maximum Gasteiger partial charge on any atom is 0.326 e. The smallest absolute Gasteiger partial charge is 0.326 e. The first-order valence-electron chi connectivity index (χ1n) is 10.2. The maximum absolute atomic E-state index is 12.3. The Morgan fingerprint density at radius 3 is 2.67 bits per heavy atom. The van der Waals surface area contributed by atoms with E-state index in [0.29, 0.717) is 18.5 Å². The Morgan fingerprint density at radius 1 is 1.17 bits per heavy atom. The molecule has 0 saturated heterocycles. The van der Waals surface area contributed by atoms with Gasteiger partial charge < -0.3 is 15.7 Å². The number of nitrogens with zero attached hydrogens (tertiary/aromatic N) is 2. The molecule has 0 radical (unpaired) electrons. The maximum atomic E-state index is 12.3. The number of thiophene rings is 1. The summed E-state index contributed by atoms with van der Waals surface area (Å²) in [6.07, 6.45) is 6.59. The number of carboxylic acids is 1. The number of anilines is 1. The van der Waals surface area contributed by atoms with Gasteiger partial charge >= 0.3 is 5.97 Å². The van der Waals surface area contributed by atoms with E-state index >= 15 is 0 Å². The Balaban J connectivity index is 1.45. The fraction of sp³-hybridized carbons (Fsp3) is 0.364. The molecule has 1 amide bonds. The van der Waals surface area contributed by atoms with Gasteiger partial charge in [0, 0.05) is 17.0 Å². The van der Waals surface area contributed by atoms with Crippen molar-refractivity contribution in [3.63, 3.8) is 0 Å². The molecule has 0 fully saturated rings. The van der Waals surface area contributed by atoms with Gasteiger partial charge in [-0.2, -0.15) is 0 Å². The normalized spacial score (nSPS) is 14.2. The third-order valence-electron chi connectivity index (χ3n) is 5.44. The number of amides is 1. The first-order valence-corrected chi connectivity index (χ1v) is 11.0. The highest BCUT2D eigenvalue weighted by Gasteiger charge is 2.20. The quantitative estimate of drug-likeness (QED) is 0.533. The van der Waals surface area contributed by atoms with Crippen LogP contribution in [0.2, 0.25) is 0 Å². The Hall–Kier alpha value is -3.00. The second kappa shape index (κ2) is 8.79. The molecular formula is C22H24N4O3S. The van der Waals surface area contributed by atoms with Crippen molar-refractivity contribution in [2.75, 3.05) is 5.32 Å². The molecule has 0 bridgehead atoms. The van der Waals surface area contributed by atoms with E-state index in [9.17, 15) is 9.59 Å². The van der Waals surface area contributed by atoms with Crippen LogP contribution in [0.3, 0.4) is 0 Å². The lowest BCUT2D eigenvalue weighted by atomic mass is 9.97. The standard InChI is InChI=1S/C22H24N4O3S/c1-2-16(22(28)29)26-20(27)14-9-7-13(8-10-14)11-23-19-18-15-5-3-4-6-17(15)30-21(18)25-12-24-19/h7-10,12,16H,2-6,11H2,1H3,(H,26,27)(H,28,29)(H,23,24,25). The van der Waals surface area contributed by atoms with E-state index in [1.165, 1.54) is 23.3 Å². The van der Waals surface area contributed by atoms with Crippen LogP contribution in [0.4, 0.5) is 5.82 Å². The number of fused-ring (bicyclic) bond motifs is 3. The van der Waals surface area contributed by atoms with Gasteiger partial charge in [-0.05, 0) is 55.4 Å². The van der Waals surface area contributed by atoms with E-state index < -0.39 is 12.0 Å². The van der Waals surface area contributed by atoms with E-state index in [-0.39, 0.29) is 5.91 Å². The summed E-state index contributed by atoms with van der Waals surface area (Å²) in [5.41, 5.74) is 2.84. The van der Waals surface area contributed by atoms with Gasteiger partial charge in [0.25, 0.3) is 5.91 Å². The predicted molar refractivity (Wildman–Crippen MR) is 117 cm³/mol. The zero-order chi connectivity index (χ0) is 21.1. The second-order valence-corrected chi connectivity index (χ2v) is 8.52. The highest BCUT2D eigenvalue weighted by molar-refractivity contribution is 7.19. The molecule has 0 saturated carbocycles. The summed E-state index contributed by atoms with van der Waals surface area (Å²) in [5.74, 6) is -0.557. The van der Waals surface area contributed by atoms with Crippen LogP contribution in [0, 0.1) is 0 Å². The topological polar surface area (TPSA) is 104 Å². The third-order valence-corrected chi connectivity index (χ3v) is 6.64. The number of carbonyl (C=O) groups is 2. The fourth-order valence-electron chi connectivity index (χ4n) is 3.76. The number of benzene rings is 1. The molecule has 7 nitrogen and oxygen atoms in total. The summed E-state index contributed by atoms with van der Waals surface area (Å²) < 4.78 is 0. The lowest BCUT2D eigenvalue weighted by Gasteiger charge is -2.13.